The maximum atomic E-state index is 6.25. The Bertz CT molecular complexity index is 433. The van der Waals surface area contributed by atoms with Crippen LogP contribution in [0.5, 0.6) is 5.75 Å². The number of rotatable bonds is 3. The number of nitrogens with one attached hydrogen (secondary N) is 1. The van der Waals surface area contributed by atoms with E-state index in [1.54, 1.807) is 0 Å². The number of halogens is 1. The number of hydrogen-bond donors (Lipinski definition) is 1. The van der Waals surface area contributed by atoms with Crippen molar-refractivity contribution in [3.8, 4) is 5.75 Å². The Hall–Kier alpha value is -0.540. The minimum atomic E-state index is -0.0896. The summed E-state index contributed by atoms with van der Waals surface area (Å²) in [6.07, 6.45) is 1.02. The van der Waals surface area contributed by atoms with Gasteiger partial charge in [-0.1, -0.05) is 36.7 Å². The Morgan fingerprint density at radius 2 is 2.22 bits per heavy atom. The fraction of sp³-hybridized carbons (Fsp3) is 0.600. The first-order valence-corrected chi connectivity index (χ1v) is 7.47. The van der Waals surface area contributed by atoms with Gasteiger partial charge < -0.3 is 10.1 Å². The number of benzene rings is 1. The lowest BCUT2D eigenvalue weighted by Gasteiger charge is -2.43. The number of fused-ring (bicyclic) bond motifs is 1. The molecule has 1 aliphatic heterocycles. The Kier molecular flexibility index (Phi) is 4.02. The van der Waals surface area contributed by atoms with Gasteiger partial charge in [-0.15, -0.1) is 0 Å². The van der Waals surface area contributed by atoms with Gasteiger partial charge in [0, 0.05) is 22.5 Å². The van der Waals surface area contributed by atoms with Gasteiger partial charge >= 0.3 is 0 Å². The Labute approximate surface area is 118 Å². The van der Waals surface area contributed by atoms with Crippen LogP contribution in [0.2, 0.25) is 0 Å². The van der Waals surface area contributed by atoms with Gasteiger partial charge in [0.05, 0.1) is 0 Å². The summed E-state index contributed by atoms with van der Waals surface area (Å²) in [6, 6.07) is 6.67. The second-order valence-electron chi connectivity index (χ2n) is 5.57. The first kappa shape index (κ1) is 13.9. The third-order valence-electron chi connectivity index (χ3n) is 3.97. The quantitative estimate of drug-likeness (QED) is 0.898. The van der Waals surface area contributed by atoms with Crippen LogP contribution in [0.15, 0.2) is 22.7 Å². The van der Waals surface area contributed by atoms with Crippen molar-refractivity contribution in [2.75, 3.05) is 6.54 Å². The van der Waals surface area contributed by atoms with Crippen molar-refractivity contribution in [1.82, 2.24) is 5.32 Å². The predicted octanol–water partition coefficient (Wildman–Crippen LogP) is 4.30. The second-order valence-corrected chi connectivity index (χ2v) is 6.48. The Morgan fingerprint density at radius 1 is 1.50 bits per heavy atom. The Balaban J connectivity index is 2.40. The summed E-state index contributed by atoms with van der Waals surface area (Å²) in [5.74, 6) is 1.52. The number of ether oxygens (including phenoxy) is 1. The van der Waals surface area contributed by atoms with Crippen molar-refractivity contribution < 1.29 is 4.74 Å². The van der Waals surface area contributed by atoms with Crippen LogP contribution in [0.1, 0.15) is 45.7 Å². The molecule has 0 saturated heterocycles. The van der Waals surface area contributed by atoms with Crippen molar-refractivity contribution >= 4 is 15.9 Å². The molecule has 3 heteroatoms. The molecule has 0 spiro atoms. The van der Waals surface area contributed by atoms with E-state index in [9.17, 15) is 0 Å². The van der Waals surface area contributed by atoms with Gasteiger partial charge in [-0.05, 0) is 37.6 Å². The lowest BCUT2D eigenvalue weighted by molar-refractivity contribution is 0.00608. The van der Waals surface area contributed by atoms with E-state index in [1.165, 1.54) is 5.56 Å². The molecular weight excluding hydrogens is 290 g/mol. The zero-order chi connectivity index (χ0) is 13.3. The molecule has 1 aliphatic rings. The van der Waals surface area contributed by atoms with Gasteiger partial charge in [0.1, 0.15) is 11.4 Å². The molecule has 0 amide bonds. The average Bonchev–Trinajstić information content (AvgIpc) is 2.30. The van der Waals surface area contributed by atoms with Crippen LogP contribution in [0.25, 0.3) is 0 Å². The minimum absolute atomic E-state index is 0.0896. The van der Waals surface area contributed by atoms with Gasteiger partial charge in [0.15, 0.2) is 0 Å². The highest BCUT2D eigenvalue weighted by molar-refractivity contribution is 9.10. The molecule has 0 radical (unpaired) electrons. The molecule has 2 atom stereocenters. The fourth-order valence-electron chi connectivity index (χ4n) is 2.47. The second kappa shape index (κ2) is 5.22. The molecule has 0 bridgehead atoms. The summed E-state index contributed by atoms with van der Waals surface area (Å²) >= 11 is 3.54. The highest BCUT2D eigenvalue weighted by Crippen LogP contribution is 2.43. The number of hydrogen-bond acceptors (Lipinski definition) is 2. The van der Waals surface area contributed by atoms with Gasteiger partial charge in [-0.3, -0.25) is 0 Å². The zero-order valence-electron chi connectivity index (χ0n) is 11.6. The maximum absolute atomic E-state index is 6.25. The van der Waals surface area contributed by atoms with E-state index in [0.717, 1.165) is 23.2 Å². The first-order chi connectivity index (χ1) is 8.46. The molecule has 0 saturated carbocycles. The van der Waals surface area contributed by atoms with E-state index in [0.29, 0.717) is 12.0 Å². The molecule has 2 rings (SSSR count). The smallest absolute Gasteiger partial charge is 0.125 e. The highest BCUT2D eigenvalue weighted by atomic mass is 79.9. The van der Waals surface area contributed by atoms with Crippen molar-refractivity contribution in [1.29, 1.82) is 0 Å². The molecule has 0 aromatic heterocycles. The third-order valence-corrected chi connectivity index (χ3v) is 4.46. The summed E-state index contributed by atoms with van der Waals surface area (Å²) in [4.78, 5) is 0. The standard InChI is InChI=1S/C15H22BrNO/c1-5-17-13-9-15(4,10(2)3)18-14-7-6-11(16)8-12(13)14/h6-8,10,13,17H,5,9H2,1-4H3. The molecule has 0 aliphatic carbocycles. The third kappa shape index (κ3) is 2.57. The normalized spacial score (nSPS) is 26.9. The molecule has 1 aromatic carbocycles. The lowest BCUT2D eigenvalue weighted by atomic mass is 9.81. The topological polar surface area (TPSA) is 21.3 Å². The van der Waals surface area contributed by atoms with Crippen molar-refractivity contribution in [2.45, 2.75) is 45.8 Å². The summed E-state index contributed by atoms with van der Waals surface area (Å²) < 4.78 is 7.36. The van der Waals surface area contributed by atoms with Crippen LogP contribution in [0.4, 0.5) is 0 Å². The molecule has 1 N–H and O–H groups in total. The molecular formula is C15H22BrNO. The van der Waals surface area contributed by atoms with E-state index in [1.807, 2.05) is 6.07 Å². The van der Waals surface area contributed by atoms with Crippen LogP contribution in [0, 0.1) is 5.92 Å². The van der Waals surface area contributed by atoms with Gasteiger partial charge in [0.2, 0.25) is 0 Å². The minimum Gasteiger partial charge on any atom is -0.487 e. The van der Waals surface area contributed by atoms with Crippen LogP contribution in [-0.4, -0.2) is 12.1 Å². The first-order valence-electron chi connectivity index (χ1n) is 6.68. The summed E-state index contributed by atoms with van der Waals surface area (Å²) in [5, 5.41) is 3.58. The summed E-state index contributed by atoms with van der Waals surface area (Å²) in [7, 11) is 0. The monoisotopic (exact) mass is 311 g/mol. The van der Waals surface area contributed by atoms with E-state index < -0.39 is 0 Å². The van der Waals surface area contributed by atoms with E-state index >= 15 is 0 Å². The molecule has 2 unspecified atom stereocenters. The predicted molar refractivity (Wildman–Crippen MR) is 79.0 cm³/mol. The fourth-order valence-corrected chi connectivity index (χ4v) is 2.85. The van der Waals surface area contributed by atoms with Crippen molar-refractivity contribution in [2.24, 2.45) is 5.92 Å². The average molecular weight is 312 g/mol. The van der Waals surface area contributed by atoms with Crippen LogP contribution in [-0.2, 0) is 0 Å². The molecule has 100 valence electrons. The summed E-state index contributed by atoms with van der Waals surface area (Å²) in [6.45, 7) is 9.80. The van der Waals surface area contributed by atoms with Gasteiger partial charge in [-0.25, -0.2) is 0 Å². The molecule has 1 heterocycles. The highest BCUT2D eigenvalue weighted by Gasteiger charge is 2.39. The molecule has 18 heavy (non-hydrogen) atoms. The Morgan fingerprint density at radius 3 is 2.83 bits per heavy atom. The largest absolute Gasteiger partial charge is 0.487 e. The van der Waals surface area contributed by atoms with Crippen LogP contribution >= 0.6 is 15.9 Å². The van der Waals surface area contributed by atoms with Gasteiger partial charge in [-0.2, -0.15) is 0 Å². The molecule has 0 fully saturated rings. The van der Waals surface area contributed by atoms with Gasteiger partial charge in [0.25, 0.3) is 0 Å². The SMILES string of the molecule is CCNC1CC(C)(C(C)C)Oc2ccc(Br)cc21. The van der Waals surface area contributed by atoms with Crippen molar-refractivity contribution in [3.63, 3.8) is 0 Å². The van der Waals surface area contributed by atoms with E-state index in [2.05, 4.69) is 61.1 Å². The molecule has 2 nitrogen and oxygen atoms in total. The van der Waals surface area contributed by atoms with Crippen LogP contribution in [0.3, 0.4) is 0 Å². The maximum Gasteiger partial charge on any atom is 0.125 e. The van der Waals surface area contributed by atoms with Crippen LogP contribution < -0.4 is 10.1 Å². The summed E-state index contributed by atoms with van der Waals surface area (Å²) in [5.41, 5.74) is 1.18. The molecule has 1 aromatic rings. The zero-order valence-corrected chi connectivity index (χ0v) is 13.2. The van der Waals surface area contributed by atoms with E-state index in [4.69, 9.17) is 4.74 Å². The van der Waals surface area contributed by atoms with Crippen molar-refractivity contribution in [3.05, 3.63) is 28.2 Å². The van der Waals surface area contributed by atoms with E-state index in [-0.39, 0.29) is 5.60 Å². The lowest BCUT2D eigenvalue weighted by Crippen LogP contribution is -2.45.